The van der Waals surface area contributed by atoms with Crippen LogP contribution in [0.4, 0.5) is 5.69 Å². The van der Waals surface area contributed by atoms with Crippen molar-refractivity contribution in [3.63, 3.8) is 0 Å². The summed E-state index contributed by atoms with van der Waals surface area (Å²) in [5, 5.41) is 21.1. The van der Waals surface area contributed by atoms with Crippen LogP contribution in [0.5, 0.6) is 5.75 Å². The number of ether oxygens (including phenoxy) is 1. The monoisotopic (exact) mass is 275 g/mol. The molecule has 4 atom stereocenters. The molecule has 0 spiro atoms. The number of carboxylic acids is 1. The van der Waals surface area contributed by atoms with Crippen LogP contribution in [0, 0.1) is 11.8 Å². The number of anilines is 1. The van der Waals surface area contributed by atoms with Gasteiger partial charge in [0.25, 0.3) is 0 Å². The molecule has 2 heterocycles. The second-order valence-corrected chi connectivity index (χ2v) is 4.88. The van der Waals surface area contributed by atoms with E-state index in [1.807, 2.05) is 0 Å². The van der Waals surface area contributed by atoms with Gasteiger partial charge in [0, 0.05) is 5.69 Å². The van der Waals surface area contributed by atoms with Crippen LogP contribution in [0.25, 0.3) is 0 Å². The maximum Gasteiger partial charge on any atom is 0.310 e. The van der Waals surface area contributed by atoms with Gasteiger partial charge in [-0.15, -0.1) is 0 Å². The maximum absolute atomic E-state index is 12.3. The number of aliphatic carboxylic acids is 1. The first kappa shape index (κ1) is 12.7. The predicted octanol–water partition coefficient (Wildman–Crippen LogP) is 0.985. The molecule has 0 aromatic heterocycles. The average molecular weight is 275 g/mol. The highest BCUT2D eigenvalue weighted by Gasteiger charge is 2.53. The average Bonchev–Trinajstić information content (AvgIpc) is 3.01. The standard InChI is InChI=1S/C14H13NO5/c16-8-3-1-7(2-4-8)15-13(17)11-9-5-6-10(20-9)12(11)14(18)19/h1-6,9-12,16H,(H,15,17)(H,18,19)/t9-,10-,11+,12+/m1/s1. The first-order valence-electron chi connectivity index (χ1n) is 6.23. The van der Waals surface area contributed by atoms with Crippen LogP contribution >= 0.6 is 0 Å². The van der Waals surface area contributed by atoms with Crippen molar-refractivity contribution in [1.82, 2.24) is 0 Å². The predicted molar refractivity (Wildman–Crippen MR) is 69.2 cm³/mol. The zero-order valence-electron chi connectivity index (χ0n) is 10.4. The van der Waals surface area contributed by atoms with E-state index in [0.29, 0.717) is 5.69 Å². The Morgan fingerprint density at radius 3 is 2.25 bits per heavy atom. The number of carbonyl (C=O) groups is 2. The lowest BCUT2D eigenvalue weighted by Crippen LogP contribution is -2.39. The van der Waals surface area contributed by atoms with Gasteiger partial charge < -0.3 is 20.3 Å². The molecule has 3 rings (SSSR count). The normalized spacial score (nSPS) is 30.4. The van der Waals surface area contributed by atoms with Crippen LogP contribution in [0.15, 0.2) is 36.4 Å². The van der Waals surface area contributed by atoms with Crippen LogP contribution in [-0.4, -0.2) is 34.3 Å². The third-order valence-corrected chi connectivity index (χ3v) is 3.62. The Bertz CT molecular complexity index is 580. The van der Waals surface area contributed by atoms with E-state index in [1.54, 1.807) is 24.3 Å². The zero-order chi connectivity index (χ0) is 14.3. The molecule has 2 bridgehead atoms. The van der Waals surface area contributed by atoms with Crippen molar-refractivity contribution in [2.75, 3.05) is 5.32 Å². The molecular formula is C14H13NO5. The molecule has 1 saturated heterocycles. The van der Waals surface area contributed by atoms with E-state index < -0.39 is 30.0 Å². The lowest BCUT2D eigenvalue weighted by molar-refractivity contribution is -0.145. The molecule has 0 radical (unpaired) electrons. The SMILES string of the molecule is O=C(O)[C@@H]1[C@@H](C(=O)Nc2ccc(O)cc2)[C@H]2C=C[C@H]1O2. The Kier molecular flexibility index (Phi) is 2.94. The molecule has 20 heavy (non-hydrogen) atoms. The fraction of sp³-hybridized carbons (Fsp3) is 0.286. The second-order valence-electron chi connectivity index (χ2n) is 4.88. The van der Waals surface area contributed by atoms with Gasteiger partial charge in [0.1, 0.15) is 11.7 Å². The Hall–Kier alpha value is -2.34. The summed E-state index contributed by atoms with van der Waals surface area (Å²) in [6.45, 7) is 0. The Morgan fingerprint density at radius 1 is 1.05 bits per heavy atom. The molecule has 2 aliphatic rings. The summed E-state index contributed by atoms with van der Waals surface area (Å²) in [5.41, 5.74) is 0.503. The van der Waals surface area contributed by atoms with Crippen molar-refractivity contribution < 1.29 is 24.5 Å². The number of nitrogens with one attached hydrogen (secondary N) is 1. The molecule has 6 nitrogen and oxygen atoms in total. The summed E-state index contributed by atoms with van der Waals surface area (Å²) in [7, 11) is 0. The molecule has 0 saturated carbocycles. The number of phenols is 1. The van der Waals surface area contributed by atoms with E-state index >= 15 is 0 Å². The topological polar surface area (TPSA) is 95.9 Å². The van der Waals surface area contributed by atoms with E-state index in [0.717, 1.165) is 0 Å². The number of hydrogen-bond acceptors (Lipinski definition) is 4. The van der Waals surface area contributed by atoms with Crippen LogP contribution in [0.1, 0.15) is 0 Å². The zero-order valence-corrected chi connectivity index (χ0v) is 10.4. The highest BCUT2D eigenvalue weighted by Crippen LogP contribution is 2.39. The Labute approximate surface area is 114 Å². The number of carboxylic acid groups (broad SMARTS) is 1. The van der Waals surface area contributed by atoms with Crippen LogP contribution in [0.3, 0.4) is 0 Å². The van der Waals surface area contributed by atoms with Crippen LogP contribution < -0.4 is 5.32 Å². The van der Waals surface area contributed by atoms with Crippen molar-refractivity contribution in [3.8, 4) is 5.75 Å². The number of fused-ring (bicyclic) bond motifs is 2. The smallest absolute Gasteiger partial charge is 0.310 e. The minimum Gasteiger partial charge on any atom is -0.508 e. The minimum atomic E-state index is -1.03. The van der Waals surface area contributed by atoms with Gasteiger partial charge in [-0.25, -0.2) is 0 Å². The molecule has 6 heteroatoms. The summed E-state index contributed by atoms with van der Waals surface area (Å²) in [5.74, 6) is -2.93. The number of hydrogen-bond donors (Lipinski definition) is 3. The fourth-order valence-corrected chi connectivity index (χ4v) is 2.69. The molecule has 3 N–H and O–H groups in total. The second kappa shape index (κ2) is 4.64. The molecule has 1 aromatic carbocycles. The number of carbonyl (C=O) groups excluding carboxylic acids is 1. The number of aromatic hydroxyl groups is 1. The first-order chi connectivity index (χ1) is 9.56. The van der Waals surface area contributed by atoms with Crippen molar-refractivity contribution >= 4 is 17.6 Å². The highest BCUT2D eigenvalue weighted by molar-refractivity contribution is 5.96. The Balaban J connectivity index is 1.78. The van der Waals surface area contributed by atoms with Crippen molar-refractivity contribution in [2.45, 2.75) is 12.2 Å². The minimum absolute atomic E-state index is 0.0950. The molecule has 104 valence electrons. The Morgan fingerprint density at radius 2 is 1.65 bits per heavy atom. The van der Waals surface area contributed by atoms with Gasteiger partial charge in [-0.3, -0.25) is 9.59 Å². The van der Waals surface area contributed by atoms with Crippen LogP contribution in [0.2, 0.25) is 0 Å². The van der Waals surface area contributed by atoms with Gasteiger partial charge in [-0.05, 0) is 24.3 Å². The highest BCUT2D eigenvalue weighted by atomic mass is 16.5. The number of phenolic OH excluding ortho intramolecular Hbond substituents is 1. The van der Waals surface area contributed by atoms with Gasteiger partial charge in [0.05, 0.1) is 18.1 Å². The lowest BCUT2D eigenvalue weighted by atomic mass is 9.82. The maximum atomic E-state index is 12.3. The third kappa shape index (κ3) is 2.04. The van der Waals surface area contributed by atoms with Crippen LogP contribution in [-0.2, 0) is 14.3 Å². The summed E-state index contributed by atoms with van der Waals surface area (Å²) in [4.78, 5) is 23.5. The fourth-order valence-electron chi connectivity index (χ4n) is 2.69. The van der Waals surface area contributed by atoms with E-state index in [4.69, 9.17) is 4.74 Å². The van der Waals surface area contributed by atoms with E-state index in [9.17, 15) is 19.8 Å². The number of benzene rings is 1. The summed E-state index contributed by atoms with van der Waals surface area (Å²) in [6, 6.07) is 5.99. The van der Waals surface area contributed by atoms with Gasteiger partial charge in [-0.2, -0.15) is 0 Å². The largest absolute Gasteiger partial charge is 0.508 e. The van der Waals surface area contributed by atoms with E-state index in [1.165, 1.54) is 12.1 Å². The molecular weight excluding hydrogens is 262 g/mol. The molecule has 1 fully saturated rings. The molecule has 0 aliphatic carbocycles. The van der Waals surface area contributed by atoms with Gasteiger partial charge >= 0.3 is 5.97 Å². The summed E-state index contributed by atoms with van der Waals surface area (Å²) < 4.78 is 5.44. The molecule has 1 aromatic rings. The molecule has 1 amide bonds. The van der Waals surface area contributed by atoms with Crippen molar-refractivity contribution in [3.05, 3.63) is 36.4 Å². The number of rotatable bonds is 3. The van der Waals surface area contributed by atoms with Gasteiger partial charge in [-0.1, -0.05) is 12.2 Å². The van der Waals surface area contributed by atoms with Gasteiger partial charge in [0.2, 0.25) is 5.91 Å². The van der Waals surface area contributed by atoms with E-state index in [2.05, 4.69) is 5.32 Å². The first-order valence-corrected chi connectivity index (χ1v) is 6.23. The summed E-state index contributed by atoms with van der Waals surface area (Å²) >= 11 is 0. The summed E-state index contributed by atoms with van der Waals surface area (Å²) in [6.07, 6.45) is 2.39. The third-order valence-electron chi connectivity index (χ3n) is 3.62. The quantitative estimate of drug-likeness (QED) is 0.564. The molecule has 0 unspecified atom stereocenters. The van der Waals surface area contributed by atoms with Crippen molar-refractivity contribution in [1.29, 1.82) is 0 Å². The van der Waals surface area contributed by atoms with Crippen molar-refractivity contribution in [2.24, 2.45) is 11.8 Å². The van der Waals surface area contributed by atoms with Gasteiger partial charge in [0.15, 0.2) is 0 Å². The molecule has 2 aliphatic heterocycles. The lowest BCUT2D eigenvalue weighted by Gasteiger charge is -2.20. The number of amides is 1. The van der Waals surface area contributed by atoms with E-state index in [-0.39, 0.29) is 11.7 Å².